The lowest BCUT2D eigenvalue weighted by molar-refractivity contribution is -0.138. The van der Waals surface area contributed by atoms with Gasteiger partial charge in [0.05, 0.1) is 7.11 Å². The number of benzene rings is 1. The molecule has 3 nitrogen and oxygen atoms in total. The molecule has 0 atom stereocenters. The highest BCUT2D eigenvalue weighted by atomic mass is 127. The molecular formula is C11H11IO3. The van der Waals surface area contributed by atoms with Crippen LogP contribution in [0.4, 0.5) is 0 Å². The van der Waals surface area contributed by atoms with Crippen LogP contribution >= 0.6 is 22.6 Å². The molecule has 0 amide bonds. The van der Waals surface area contributed by atoms with E-state index in [4.69, 9.17) is 4.74 Å². The lowest BCUT2D eigenvalue weighted by atomic mass is 10.3. The van der Waals surface area contributed by atoms with Gasteiger partial charge in [0.15, 0.2) is 0 Å². The van der Waals surface area contributed by atoms with Crippen LogP contribution in [0.5, 0.6) is 5.75 Å². The number of rotatable bonds is 3. The molecule has 0 radical (unpaired) electrons. The Morgan fingerprint density at radius 2 is 2.20 bits per heavy atom. The largest absolute Gasteiger partial charge is 0.463 e. The zero-order valence-electron chi connectivity index (χ0n) is 8.49. The van der Waals surface area contributed by atoms with E-state index in [-0.39, 0.29) is 5.76 Å². The molecule has 0 saturated heterocycles. The summed E-state index contributed by atoms with van der Waals surface area (Å²) >= 11 is 2.18. The van der Waals surface area contributed by atoms with Crippen molar-refractivity contribution >= 4 is 28.6 Å². The molecule has 0 aliphatic heterocycles. The Labute approximate surface area is 102 Å². The van der Waals surface area contributed by atoms with Crippen molar-refractivity contribution in [2.75, 3.05) is 7.11 Å². The molecule has 0 saturated carbocycles. The van der Waals surface area contributed by atoms with Gasteiger partial charge in [-0.2, -0.15) is 0 Å². The fourth-order valence-electron chi connectivity index (χ4n) is 0.976. The third-order valence-corrected chi connectivity index (χ3v) is 2.34. The van der Waals surface area contributed by atoms with Crippen molar-refractivity contribution in [3.05, 3.63) is 39.7 Å². The van der Waals surface area contributed by atoms with Crippen molar-refractivity contribution < 1.29 is 14.3 Å². The van der Waals surface area contributed by atoms with E-state index in [1.54, 1.807) is 19.1 Å². The van der Waals surface area contributed by atoms with Crippen molar-refractivity contribution in [3.8, 4) is 5.75 Å². The Bertz CT molecular complexity index is 385. The molecule has 1 aromatic carbocycles. The molecule has 0 aliphatic rings. The van der Waals surface area contributed by atoms with Crippen molar-refractivity contribution in [1.29, 1.82) is 0 Å². The first-order valence-electron chi connectivity index (χ1n) is 4.35. The number of carbonyl (C=O) groups excluding carboxylic acids is 1. The predicted octanol–water partition coefficient (Wildman–Crippen LogP) is 2.75. The summed E-state index contributed by atoms with van der Waals surface area (Å²) in [5, 5.41) is 0. The molecule has 0 N–H and O–H groups in total. The maximum Gasteiger partial charge on any atom is 0.373 e. The molecule has 1 aromatic rings. The maximum absolute atomic E-state index is 11.2. The molecule has 0 bridgehead atoms. The number of allylic oxidation sites excluding steroid dienone is 1. The third-order valence-electron chi connectivity index (χ3n) is 1.67. The van der Waals surface area contributed by atoms with Crippen molar-refractivity contribution in [3.63, 3.8) is 0 Å². The number of hydrogen-bond acceptors (Lipinski definition) is 3. The normalized spacial score (nSPS) is 11.0. The molecule has 15 heavy (non-hydrogen) atoms. The number of halogens is 1. The van der Waals surface area contributed by atoms with Gasteiger partial charge in [-0.3, -0.25) is 0 Å². The number of methoxy groups -OCH3 is 1. The van der Waals surface area contributed by atoms with E-state index in [1.165, 1.54) is 7.11 Å². The molecule has 0 fully saturated rings. The second-order valence-corrected chi connectivity index (χ2v) is 3.95. The average molecular weight is 318 g/mol. The van der Waals surface area contributed by atoms with E-state index in [0.29, 0.717) is 5.75 Å². The standard InChI is InChI=1S/C11H11IO3/c1-3-10(11(13)14-2)15-9-6-4-5-8(12)7-9/h3-7H,1-2H3. The van der Waals surface area contributed by atoms with Gasteiger partial charge >= 0.3 is 5.97 Å². The molecule has 0 unspecified atom stereocenters. The maximum atomic E-state index is 11.2. The Kier molecular flexibility index (Phi) is 4.61. The minimum absolute atomic E-state index is 0.194. The summed E-state index contributed by atoms with van der Waals surface area (Å²) in [5.41, 5.74) is 0. The van der Waals surface area contributed by atoms with Crippen LogP contribution in [0.1, 0.15) is 6.92 Å². The van der Waals surface area contributed by atoms with Crippen LogP contribution in [0.25, 0.3) is 0 Å². The van der Waals surface area contributed by atoms with Crippen LogP contribution < -0.4 is 4.74 Å². The summed E-state index contributed by atoms with van der Waals surface area (Å²) in [6.07, 6.45) is 1.58. The van der Waals surface area contributed by atoms with Gasteiger partial charge in [0.2, 0.25) is 5.76 Å². The minimum Gasteiger partial charge on any atom is -0.463 e. The Morgan fingerprint density at radius 1 is 1.47 bits per heavy atom. The summed E-state index contributed by atoms with van der Waals surface area (Å²) in [7, 11) is 1.32. The fourth-order valence-corrected chi connectivity index (χ4v) is 1.49. The lowest BCUT2D eigenvalue weighted by Gasteiger charge is -2.07. The summed E-state index contributed by atoms with van der Waals surface area (Å²) in [5.74, 6) is 0.344. The minimum atomic E-state index is -0.476. The highest BCUT2D eigenvalue weighted by Crippen LogP contribution is 2.17. The van der Waals surface area contributed by atoms with E-state index in [2.05, 4.69) is 27.3 Å². The topological polar surface area (TPSA) is 35.5 Å². The molecule has 0 heterocycles. The van der Waals surface area contributed by atoms with E-state index >= 15 is 0 Å². The van der Waals surface area contributed by atoms with Gasteiger partial charge in [0, 0.05) is 3.57 Å². The van der Waals surface area contributed by atoms with E-state index in [1.807, 2.05) is 18.2 Å². The van der Waals surface area contributed by atoms with Gasteiger partial charge < -0.3 is 9.47 Å². The van der Waals surface area contributed by atoms with E-state index in [0.717, 1.165) is 3.57 Å². The fraction of sp³-hybridized carbons (Fsp3) is 0.182. The zero-order valence-corrected chi connectivity index (χ0v) is 10.6. The van der Waals surface area contributed by atoms with Gasteiger partial charge in [-0.1, -0.05) is 6.07 Å². The molecule has 1 rings (SSSR count). The van der Waals surface area contributed by atoms with Crippen molar-refractivity contribution in [1.82, 2.24) is 0 Å². The summed E-state index contributed by atoms with van der Waals surface area (Å²) in [4.78, 5) is 11.2. The van der Waals surface area contributed by atoms with Crippen molar-refractivity contribution in [2.24, 2.45) is 0 Å². The Morgan fingerprint density at radius 3 is 2.73 bits per heavy atom. The first-order valence-corrected chi connectivity index (χ1v) is 5.43. The summed E-state index contributed by atoms with van der Waals surface area (Å²) in [6.45, 7) is 1.72. The van der Waals surface area contributed by atoms with Crippen LogP contribution in [-0.4, -0.2) is 13.1 Å². The van der Waals surface area contributed by atoms with Crippen LogP contribution in [0.2, 0.25) is 0 Å². The zero-order chi connectivity index (χ0) is 11.3. The SMILES string of the molecule is CC=C(Oc1cccc(I)c1)C(=O)OC. The van der Waals surface area contributed by atoms with Gasteiger partial charge in [-0.05, 0) is 53.8 Å². The second kappa shape index (κ2) is 5.75. The first-order chi connectivity index (χ1) is 7.17. The summed E-state index contributed by atoms with van der Waals surface area (Å²) in [6, 6.07) is 7.43. The average Bonchev–Trinajstić information content (AvgIpc) is 2.25. The van der Waals surface area contributed by atoms with E-state index < -0.39 is 5.97 Å². The quantitative estimate of drug-likeness (QED) is 0.372. The molecule has 0 aliphatic carbocycles. The van der Waals surface area contributed by atoms with Crippen molar-refractivity contribution in [2.45, 2.75) is 6.92 Å². The van der Waals surface area contributed by atoms with Gasteiger partial charge in [-0.25, -0.2) is 4.79 Å². The van der Waals surface area contributed by atoms with Gasteiger partial charge in [0.25, 0.3) is 0 Å². The molecule has 4 heteroatoms. The van der Waals surface area contributed by atoms with E-state index in [9.17, 15) is 4.79 Å². The molecule has 0 spiro atoms. The number of carbonyl (C=O) groups is 1. The van der Waals surface area contributed by atoms with Crippen LogP contribution in [0, 0.1) is 3.57 Å². The first kappa shape index (κ1) is 12.0. The molecule has 80 valence electrons. The van der Waals surface area contributed by atoms with Crippen LogP contribution in [-0.2, 0) is 9.53 Å². The Hall–Kier alpha value is -1.04. The highest BCUT2D eigenvalue weighted by molar-refractivity contribution is 14.1. The predicted molar refractivity (Wildman–Crippen MR) is 65.6 cm³/mol. The monoisotopic (exact) mass is 318 g/mol. The smallest absolute Gasteiger partial charge is 0.373 e. The summed E-state index contributed by atoms with van der Waals surface area (Å²) < 4.78 is 11.0. The molecular weight excluding hydrogens is 307 g/mol. The van der Waals surface area contributed by atoms with Crippen LogP contribution in [0.3, 0.4) is 0 Å². The van der Waals surface area contributed by atoms with Gasteiger partial charge in [0.1, 0.15) is 5.75 Å². The Balaban J connectivity index is 2.81. The van der Waals surface area contributed by atoms with Gasteiger partial charge in [-0.15, -0.1) is 0 Å². The lowest BCUT2D eigenvalue weighted by Crippen LogP contribution is -2.10. The third kappa shape index (κ3) is 3.54. The second-order valence-electron chi connectivity index (χ2n) is 2.70. The number of esters is 1. The number of ether oxygens (including phenoxy) is 2. The number of hydrogen-bond donors (Lipinski definition) is 0. The molecule has 0 aromatic heterocycles. The van der Waals surface area contributed by atoms with Crippen LogP contribution in [0.15, 0.2) is 36.1 Å². The highest BCUT2D eigenvalue weighted by Gasteiger charge is 2.10.